The van der Waals surface area contributed by atoms with Crippen LogP contribution in [0.15, 0.2) is 43.0 Å². The van der Waals surface area contributed by atoms with Crippen LogP contribution in [-0.4, -0.2) is 28.6 Å². The Labute approximate surface area is 117 Å². The molecule has 0 aliphatic carbocycles. The first kappa shape index (κ1) is 12.7. The summed E-state index contributed by atoms with van der Waals surface area (Å²) in [7, 11) is 0. The molecule has 5 nitrogen and oxygen atoms in total. The number of hydrogen-bond donors (Lipinski definition) is 1. The molecule has 1 aromatic carbocycles. The molecule has 5 heteroatoms. The second-order valence-electron chi connectivity index (χ2n) is 4.91. The number of para-hydroxylation sites is 1. The van der Waals surface area contributed by atoms with E-state index in [1.807, 2.05) is 35.0 Å². The Kier molecular flexibility index (Phi) is 3.67. The van der Waals surface area contributed by atoms with Gasteiger partial charge in [-0.2, -0.15) is 0 Å². The van der Waals surface area contributed by atoms with Gasteiger partial charge >= 0.3 is 0 Å². The maximum Gasteiger partial charge on any atom is 0.226 e. The molecule has 3 rings (SSSR count). The van der Waals surface area contributed by atoms with Gasteiger partial charge in [0.1, 0.15) is 12.4 Å². The first-order valence-corrected chi connectivity index (χ1v) is 6.77. The van der Waals surface area contributed by atoms with E-state index in [0.717, 1.165) is 24.3 Å². The van der Waals surface area contributed by atoms with Gasteiger partial charge < -0.3 is 14.6 Å². The van der Waals surface area contributed by atoms with Gasteiger partial charge in [0.2, 0.25) is 5.91 Å². The number of carbonyl (C=O) groups excluding carboxylic acids is 1. The Morgan fingerprint density at radius 2 is 2.35 bits per heavy atom. The van der Waals surface area contributed by atoms with E-state index < -0.39 is 0 Å². The van der Waals surface area contributed by atoms with Gasteiger partial charge in [-0.1, -0.05) is 18.2 Å². The van der Waals surface area contributed by atoms with Crippen LogP contribution < -0.4 is 10.1 Å². The number of carbonyl (C=O) groups is 1. The van der Waals surface area contributed by atoms with E-state index >= 15 is 0 Å². The number of ether oxygens (including phenoxy) is 1. The van der Waals surface area contributed by atoms with E-state index in [9.17, 15) is 4.79 Å². The summed E-state index contributed by atoms with van der Waals surface area (Å²) in [6, 6.07) is 7.88. The molecule has 0 saturated carbocycles. The molecule has 1 aliphatic rings. The highest BCUT2D eigenvalue weighted by Gasteiger charge is 2.25. The van der Waals surface area contributed by atoms with Crippen LogP contribution in [0.3, 0.4) is 0 Å². The fourth-order valence-corrected chi connectivity index (χ4v) is 2.37. The summed E-state index contributed by atoms with van der Waals surface area (Å²) in [5.41, 5.74) is 1.11. The molecule has 1 unspecified atom stereocenters. The van der Waals surface area contributed by atoms with Crippen LogP contribution in [0.1, 0.15) is 5.56 Å². The SMILES string of the molecule is O=C(NCCn1ccnc1)C1COc2ccccc2C1. The van der Waals surface area contributed by atoms with Gasteiger partial charge in [-0.25, -0.2) is 4.98 Å². The van der Waals surface area contributed by atoms with Gasteiger partial charge in [-0.3, -0.25) is 4.79 Å². The average Bonchev–Trinajstić information content (AvgIpc) is 3.00. The number of rotatable bonds is 4. The Morgan fingerprint density at radius 3 is 3.20 bits per heavy atom. The molecule has 1 amide bonds. The molecule has 1 aromatic heterocycles. The minimum Gasteiger partial charge on any atom is -0.492 e. The molecule has 104 valence electrons. The molecule has 2 heterocycles. The van der Waals surface area contributed by atoms with Crippen LogP contribution in [0.25, 0.3) is 0 Å². The normalized spacial score (nSPS) is 17.1. The van der Waals surface area contributed by atoms with Crippen molar-refractivity contribution in [1.29, 1.82) is 0 Å². The fourth-order valence-electron chi connectivity index (χ4n) is 2.37. The third-order valence-electron chi connectivity index (χ3n) is 3.48. The van der Waals surface area contributed by atoms with Crippen LogP contribution >= 0.6 is 0 Å². The van der Waals surface area contributed by atoms with E-state index in [4.69, 9.17) is 4.74 Å². The number of aromatic nitrogens is 2. The number of nitrogens with one attached hydrogen (secondary N) is 1. The maximum atomic E-state index is 12.1. The summed E-state index contributed by atoms with van der Waals surface area (Å²) in [4.78, 5) is 16.1. The van der Waals surface area contributed by atoms with Crippen molar-refractivity contribution in [3.63, 3.8) is 0 Å². The van der Waals surface area contributed by atoms with E-state index in [-0.39, 0.29) is 11.8 Å². The Balaban J connectivity index is 1.51. The van der Waals surface area contributed by atoms with Gasteiger partial charge in [0.05, 0.1) is 12.2 Å². The van der Waals surface area contributed by atoms with Gasteiger partial charge in [-0.15, -0.1) is 0 Å². The molecule has 20 heavy (non-hydrogen) atoms. The lowest BCUT2D eigenvalue weighted by Crippen LogP contribution is -2.38. The largest absolute Gasteiger partial charge is 0.492 e. The number of imidazole rings is 1. The molecule has 1 aliphatic heterocycles. The average molecular weight is 271 g/mol. The highest BCUT2D eigenvalue weighted by atomic mass is 16.5. The molecule has 0 bridgehead atoms. The third-order valence-corrected chi connectivity index (χ3v) is 3.48. The summed E-state index contributed by atoms with van der Waals surface area (Å²) in [6.45, 7) is 1.79. The van der Waals surface area contributed by atoms with Crippen molar-refractivity contribution < 1.29 is 9.53 Å². The van der Waals surface area contributed by atoms with Gasteiger partial charge in [0, 0.05) is 25.5 Å². The number of nitrogens with zero attached hydrogens (tertiary/aromatic N) is 2. The van der Waals surface area contributed by atoms with Gasteiger partial charge in [0.15, 0.2) is 0 Å². The molecule has 2 aromatic rings. The van der Waals surface area contributed by atoms with Crippen molar-refractivity contribution in [2.45, 2.75) is 13.0 Å². The van der Waals surface area contributed by atoms with Crippen molar-refractivity contribution in [2.75, 3.05) is 13.2 Å². The fraction of sp³-hybridized carbons (Fsp3) is 0.333. The van der Waals surface area contributed by atoms with E-state index in [1.165, 1.54) is 0 Å². The Hall–Kier alpha value is -2.30. The molecule has 0 spiro atoms. The first-order chi connectivity index (χ1) is 9.83. The second kappa shape index (κ2) is 5.77. The lowest BCUT2D eigenvalue weighted by Gasteiger charge is -2.24. The number of hydrogen-bond acceptors (Lipinski definition) is 3. The monoisotopic (exact) mass is 271 g/mol. The zero-order chi connectivity index (χ0) is 13.8. The van der Waals surface area contributed by atoms with E-state index in [2.05, 4.69) is 10.3 Å². The molecule has 1 atom stereocenters. The van der Waals surface area contributed by atoms with E-state index in [1.54, 1.807) is 12.5 Å². The summed E-state index contributed by atoms with van der Waals surface area (Å²) >= 11 is 0. The minimum atomic E-state index is -0.104. The molecule has 0 fully saturated rings. The summed E-state index contributed by atoms with van der Waals surface area (Å²) in [5.74, 6) is 0.849. The molecule has 1 N–H and O–H groups in total. The van der Waals surface area contributed by atoms with Crippen molar-refractivity contribution in [3.05, 3.63) is 48.5 Å². The number of benzene rings is 1. The zero-order valence-electron chi connectivity index (χ0n) is 11.2. The highest BCUT2D eigenvalue weighted by molar-refractivity contribution is 5.79. The van der Waals surface area contributed by atoms with Gasteiger partial charge in [0.25, 0.3) is 0 Å². The predicted octanol–water partition coefficient (Wildman–Crippen LogP) is 1.25. The first-order valence-electron chi connectivity index (χ1n) is 6.77. The highest BCUT2D eigenvalue weighted by Crippen LogP contribution is 2.26. The number of fused-ring (bicyclic) bond motifs is 1. The lowest BCUT2D eigenvalue weighted by atomic mass is 9.96. The van der Waals surface area contributed by atoms with Crippen molar-refractivity contribution in [1.82, 2.24) is 14.9 Å². The van der Waals surface area contributed by atoms with Crippen LogP contribution in [0, 0.1) is 5.92 Å². The minimum absolute atomic E-state index is 0.0552. The van der Waals surface area contributed by atoms with Crippen molar-refractivity contribution >= 4 is 5.91 Å². The maximum absolute atomic E-state index is 12.1. The van der Waals surface area contributed by atoms with Crippen LogP contribution in [0.4, 0.5) is 0 Å². The van der Waals surface area contributed by atoms with Crippen molar-refractivity contribution in [3.8, 4) is 5.75 Å². The molecule has 0 saturated heterocycles. The molecular weight excluding hydrogens is 254 g/mol. The summed E-state index contributed by atoms with van der Waals surface area (Å²) in [6.07, 6.45) is 6.10. The topological polar surface area (TPSA) is 56.2 Å². The Bertz CT molecular complexity index is 581. The van der Waals surface area contributed by atoms with E-state index in [0.29, 0.717) is 13.2 Å². The summed E-state index contributed by atoms with van der Waals surface area (Å²) in [5, 5.41) is 2.95. The number of amides is 1. The van der Waals surface area contributed by atoms with Crippen molar-refractivity contribution in [2.24, 2.45) is 5.92 Å². The molecule has 0 radical (unpaired) electrons. The summed E-state index contributed by atoms with van der Waals surface area (Å²) < 4.78 is 7.57. The van der Waals surface area contributed by atoms with Crippen LogP contribution in [0.5, 0.6) is 5.75 Å². The quantitative estimate of drug-likeness (QED) is 0.910. The second-order valence-corrected chi connectivity index (χ2v) is 4.91. The smallest absolute Gasteiger partial charge is 0.226 e. The van der Waals surface area contributed by atoms with Gasteiger partial charge in [-0.05, 0) is 18.1 Å². The predicted molar refractivity (Wildman–Crippen MR) is 74.4 cm³/mol. The van der Waals surface area contributed by atoms with Crippen LogP contribution in [0.2, 0.25) is 0 Å². The standard InChI is InChI=1S/C15H17N3O2/c19-15(17-6-8-18-7-5-16-11-18)13-9-12-3-1-2-4-14(12)20-10-13/h1-5,7,11,13H,6,8-10H2,(H,17,19). The lowest BCUT2D eigenvalue weighted by molar-refractivity contribution is -0.126. The Morgan fingerprint density at radius 1 is 1.45 bits per heavy atom. The third kappa shape index (κ3) is 2.82. The van der Waals surface area contributed by atoms with Crippen LogP contribution in [-0.2, 0) is 17.8 Å². The zero-order valence-corrected chi connectivity index (χ0v) is 11.2. The molecular formula is C15H17N3O2.